The lowest BCUT2D eigenvalue weighted by Crippen LogP contribution is -2.28. The van der Waals surface area contributed by atoms with Crippen LogP contribution in [-0.2, 0) is 10.0 Å². The molecule has 2 aromatic rings. The molecule has 5 nitrogen and oxygen atoms in total. The van der Waals surface area contributed by atoms with Crippen LogP contribution in [0.4, 0.5) is 11.4 Å². The average molecular weight is 305 g/mol. The predicted octanol–water partition coefficient (Wildman–Crippen LogP) is 2.41. The molecule has 0 radical (unpaired) electrons. The Morgan fingerprint density at radius 1 is 1.10 bits per heavy atom. The summed E-state index contributed by atoms with van der Waals surface area (Å²) in [6, 6.07) is 12.2. The average Bonchev–Trinajstić information content (AvgIpc) is 2.46. The molecule has 21 heavy (non-hydrogen) atoms. The van der Waals surface area contributed by atoms with Gasteiger partial charge in [-0.2, -0.15) is 0 Å². The first kappa shape index (κ1) is 15.3. The molecule has 0 unspecified atom stereocenters. The van der Waals surface area contributed by atoms with Gasteiger partial charge in [-0.3, -0.25) is 10.1 Å². The van der Waals surface area contributed by atoms with E-state index in [1.54, 1.807) is 31.3 Å². The number of nitrogens with two attached hydrogens (primary N) is 1. The molecule has 0 atom stereocenters. The predicted molar refractivity (Wildman–Crippen MR) is 85.8 cm³/mol. The Hall–Kier alpha value is -2.05. The fraction of sp³-hybridized carbons (Fsp3) is 0.200. The highest BCUT2D eigenvalue weighted by molar-refractivity contribution is 7.93. The number of benzene rings is 2. The Morgan fingerprint density at radius 3 is 2.38 bits per heavy atom. The summed E-state index contributed by atoms with van der Waals surface area (Å²) in [5.74, 6) is 5.40. The largest absolute Gasteiger partial charge is 0.323 e. The lowest BCUT2D eigenvalue weighted by molar-refractivity contribution is 0.594. The second kappa shape index (κ2) is 5.75. The van der Waals surface area contributed by atoms with Gasteiger partial charge < -0.3 is 5.43 Å². The Morgan fingerprint density at radius 2 is 1.76 bits per heavy atom. The van der Waals surface area contributed by atoms with Crippen LogP contribution in [0.15, 0.2) is 47.4 Å². The molecule has 0 saturated heterocycles. The van der Waals surface area contributed by atoms with Gasteiger partial charge in [0.2, 0.25) is 0 Å². The second-order valence-electron chi connectivity index (χ2n) is 4.90. The van der Waals surface area contributed by atoms with Crippen LogP contribution in [0.2, 0.25) is 0 Å². The Labute approximate surface area is 125 Å². The van der Waals surface area contributed by atoms with Crippen molar-refractivity contribution in [3.05, 3.63) is 53.6 Å². The summed E-state index contributed by atoms with van der Waals surface area (Å²) in [7, 11) is -2.14. The molecular formula is C15H19N3O2S. The summed E-state index contributed by atoms with van der Waals surface area (Å²) in [6.45, 7) is 3.86. The number of nitrogens with one attached hydrogen (secondary N) is 1. The van der Waals surface area contributed by atoms with E-state index in [2.05, 4.69) is 5.43 Å². The highest BCUT2D eigenvalue weighted by Crippen LogP contribution is 2.29. The van der Waals surface area contributed by atoms with Crippen LogP contribution < -0.4 is 15.6 Å². The van der Waals surface area contributed by atoms with Crippen molar-refractivity contribution in [2.24, 2.45) is 5.84 Å². The maximum Gasteiger partial charge on any atom is 0.266 e. The molecule has 0 saturated carbocycles. The number of para-hydroxylation sites is 1. The van der Waals surface area contributed by atoms with Crippen LogP contribution in [0.3, 0.4) is 0 Å². The summed E-state index contributed by atoms with van der Waals surface area (Å²) in [5.41, 5.74) is 5.43. The standard InChI is InChI=1S/C15H19N3O2S/c1-11-8-9-14(12(2)10-11)18(3)21(19,20)15-7-5-4-6-13(15)17-16/h4-10,17H,16H2,1-3H3. The lowest BCUT2D eigenvalue weighted by Gasteiger charge is -2.23. The smallest absolute Gasteiger partial charge is 0.266 e. The fourth-order valence-electron chi connectivity index (χ4n) is 2.25. The van der Waals surface area contributed by atoms with E-state index in [0.29, 0.717) is 11.4 Å². The van der Waals surface area contributed by atoms with Gasteiger partial charge in [0.25, 0.3) is 10.0 Å². The normalized spacial score (nSPS) is 11.2. The minimum atomic E-state index is -3.68. The van der Waals surface area contributed by atoms with Crippen LogP contribution in [0.25, 0.3) is 0 Å². The number of hydrazine groups is 1. The van der Waals surface area contributed by atoms with Crippen molar-refractivity contribution in [3.8, 4) is 0 Å². The second-order valence-corrected chi connectivity index (χ2v) is 6.84. The zero-order valence-electron chi connectivity index (χ0n) is 12.3. The molecule has 0 aromatic heterocycles. The highest BCUT2D eigenvalue weighted by atomic mass is 32.2. The molecule has 2 aromatic carbocycles. The molecule has 0 aliphatic heterocycles. The van der Waals surface area contributed by atoms with Crippen LogP contribution in [0.5, 0.6) is 0 Å². The molecule has 0 fully saturated rings. The number of aryl methyl sites for hydroxylation is 2. The van der Waals surface area contributed by atoms with Crippen molar-refractivity contribution < 1.29 is 8.42 Å². The number of nitrogen functional groups attached to an aromatic ring is 1. The van der Waals surface area contributed by atoms with Crippen LogP contribution in [0.1, 0.15) is 11.1 Å². The summed E-state index contributed by atoms with van der Waals surface area (Å²) in [5, 5.41) is 0. The van der Waals surface area contributed by atoms with Gasteiger partial charge in [0.15, 0.2) is 0 Å². The third kappa shape index (κ3) is 2.86. The quantitative estimate of drug-likeness (QED) is 0.672. The van der Waals surface area contributed by atoms with Crippen molar-refractivity contribution in [1.82, 2.24) is 0 Å². The first-order valence-corrected chi connectivity index (χ1v) is 7.93. The van der Waals surface area contributed by atoms with Gasteiger partial charge in [-0.05, 0) is 37.6 Å². The summed E-state index contributed by atoms with van der Waals surface area (Å²) in [6.07, 6.45) is 0. The zero-order chi connectivity index (χ0) is 15.6. The monoisotopic (exact) mass is 305 g/mol. The molecule has 0 heterocycles. The van der Waals surface area contributed by atoms with E-state index in [-0.39, 0.29) is 4.90 Å². The number of hydrogen-bond acceptors (Lipinski definition) is 4. The molecule has 0 aliphatic carbocycles. The van der Waals surface area contributed by atoms with E-state index in [4.69, 9.17) is 5.84 Å². The van der Waals surface area contributed by atoms with Gasteiger partial charge in [0, 0.05) is 7.05 Å². The van der Waals surface area contributed by atoms with E-state index in [1.165, 1.54) is 10.4 Å². The van der Waals surface area contributed by atoms with Crippen molar-refractivity contribution in [2.75, 3.05) is 16.8 Å². The van der Waals surface area contributed by atoms with E-state index >= 15 is 0 Å². The Bertz CT molecular complexity index is 757. The number of rotatable bonds is 4. The van der Waals surface area contributed by atoms with Crippen molar-refractivity contribution in [2.45, 2.75) is 18.7 Å². The highest BCUT2D eigenvalue weighted by Gasteiger charge is 2.24. The van der Waals surface area contributed by atoms with E-state index in [0.717, 1.165) is 11.1 Å². The summed E-state index contributed by atoms with van der Waals surface area (Å²) < 4.78 is 26.8. The summed E-state index contributed by atoms with van der Waals surface area (Å²) in [4.78, 5) is 0.148. The van der Waals surface area contributed by atoms with Crippen LogP contribution in [0, 0.1) is 13.8 Å². The molecule has 0 bridgehead atoms. The van der Waals surface area contributed by atoms with Gasteiger partial charge in [0.1, 0.15) is 4.90 Å². The summed E-state index contributed by atoms with van der Waals surface area (Å²) >= 11 is 0. The fourth-order valence-corrected chi connectivity index (χ4v) is 3.66. The Kier molecular flexibility index (Phi) is 4.20. The van der Waals surface area contributed by atoms with Crippen molar-refractivity contribution >= 4 is 21.4 Å². The van der Waals surface area contributed by atoms with Gasteiger partial charge in [-0.1, -0.05) is 29.8 Å². The molecule has 0 amide bonds. The first-order chi connectivity index (χ1) is 9.87. The van der Waals surface area contributed by atoms with Crippen LogP contribution in [-0.4, -0.2) is 15.5 Å². The molecule has 0 spiro atoms. The molecule has 112 valence electrons. The SMILES string of the molecule is Cc1ccc(N(C)S(=O)(=O)c2ccccc2NN)c(C)c1. The van der Waals surface area contributed by atoms with Crippen molar-refractivity contribution in [1.29, 1.82) is 0 Å². The van der Waals surface area contributed by atoms with Gasteiger partial charge in [-0.15, -0.1) is 0 Å². The lowest BCUT2D eigenvalue weighted by atomic mass is 10.1. The van der Waals surface area contributed by atoms with Gasteiger partial charge in [0.05, 0.1) is 11.4 Å². The molecule has 3 N–H and O–H groups in total. The zero-order valence-corrected chi connectivity index (χ0v) is 13.1. The topological polar surface area (TPSA) is 75.4 Å². The maximum atomic E-state index is 12.8. The molecular weight excluding hydrogens is 286 g/mol. The third-order valence-electron chi connectivity index (χ3n) is 3.37. The van der Waals surface area contributed by atoms with Gasteiger partial charge in [-0.25, -0.2) is 8.42 Å². The minimum absolute atomic E-state index is 0.148. The number of nitrogens with zero attached hydrogens (tertiary/aromatic N) is 1. The number of anilines is 2. The molecule has 6 heteroatoms. The molecule has 0 aliphatic rings. The Balaban J connectivity index is 2.53. The van der Waals surface area contributed by atoms with E-state index < -0.39 is 10.0 Å². The van der Waals surface area contributed by atoms with Crippen LogP contribution >= 0.6 is 0 Å². The molecule has 2 rings (SSSR count). The van der Waals surface area contributed by atoms with Crippen molar-refractivity contribution in [3.63, 3.8) is 0 Å². The number of hydrogen-bond donors (Lipinski definition) is 2. The van der Waals surface area contributed by atoms with E-state index in [9.17, 15) is 8.42 Å². The van der Waals surface area contributed by atoms with Gasteiger partial charge >= 0.3 is 0 Å². The minimum Gasteiger partial charge on any atom is -0.323 e. The first-order valence-electron chi connectivity index (χ1n) is 6.49. The number of sulfonamides is 1. The maximum absolute atomic E-state index is 12.8. The van der Waals surface area contributed by atoms with E-state index in [1.807, 2.05) is 26.0 Å². The third-order valence-corrected chi connectivity index (χ3v) is 5.20.